The normalized spacial score (nSPS) is 13.9. The van der Waals surface area contributed by atoms with Crippen molar-refractivity contribution >= 4 is 17.9 Å². The van der Waals surface area contributed by atoms with Crippen LogP contribution in [0.5, 0.6) is 0 Å². The summed E-state index contributed by atoms with van der Waals surface area (Å²) in [6.07, 6.45) is 64.7. The average molecular weight is 933 g/mol. The second-order valence-corrected chi connectivity index (χ2v) is 17.8. The zero-order chi connectivity index (χ0) is 49.2. The van der Waals surface area contributed by atoms with Crippen LogP contribution in [-0.4, -0.2) is 87.4 Å². The van der Waals surface area contributed by atoms with Crippen molar-refractivity contribution in [1.82, 2.24) is 0 Å². The van der Waals surface area contributed by atoms with Gasteiger partial charge in [0.25, 0.3) is 6.29 Å². The fourth-order valence-corrected chi connectivity index (χ4v) is 6.27. The van der Waals surface area contributed by atoms with Crippen LogP contribution in [0, 0.1) is 0 Å². The Morgan fingerprint density at radius 2 is 0.851 bits per heavy atom. The van der Waals surface area contributed by atoms with Gasteiger partial charge in [-0.1, -0.05) is 187 Å². The summed E-state index contributed by atoms with van der Waals surface area (Å²) in [4.78, 5) is 36.8. The molecule has 1 N–H and O–H groups in total. The molecule has 9 heteroatoms. The molecule has 0 aliphatic heterocycles. The molecule has 0 aromatic rings. The highest BCUT2D eigenvalue weighted by atomic mass is 16.7. The number of rotatable bonds is 45. The van der Waals surface area contributed by atoms with Crippen LogP contribution in [0.3, 0.4) is 0 Å². The lowest BCUT2D eigenvalue weighted by Gasteiger charge is -2.25. The number of aliphatic carboxylic acids is 1. The number of likely N-dealkylation sites (N-methyl/N-ethyl adjacent to an activating group) is 1. The third-order valence-corrected chi connectivity index (χ3v) is 10.2. The van der Waals surface area contributed by atoms with Crippen molar-refractivity contribution in [2.24, 2.45) is 0 Å². The Morgan fingerprint density at radius 1 is 0.463 bits per heavy atom. The Kier molecular flexibility index (Phi) is 45.1. The van der Waals surface area contributed by atoms with Gasteiger partial charge in [0.05, 0.1) is 34.4 Å². The van der Waals surface area contributed by atoms with E-state index in [4.69, 9.17) is 18.9 Å². The van der Waals surface area contributed by atoms with Crippen molar-refractivity contribution in [1.29, 1.82) is 0 Å². The largest absolute Gasteiger partial charge is 0.477 e. The SMILES string of the molecule is CC/C=C\C/C=C\C/C=C\C/C=C\C/C=C\C/C=C\C/C=C\C/C=C\C/C=C\C/C=C\CCCCCCCCC(=O)OC(COC(=O)CCCCCCC)COC(OCC[N+](C)(C)C)C(=O)O. The highest BCUT2D eigenvalue weighted by molar-refractivity contribution is 5.71. The lowest BCUT2D eigenvalue weighted by Crippen LogP contribution is -2.40. The number of unbranched alkanes of at least 4 members (excludes halogenated alkanes) is 10. The van der Waals surface area contributed by atoms with Crippen LogP contribution in [0.25, 0.3) is 0 Å². The van der Waals surface area contributed by atoms with Crippen molar-refractivity contribution in [3.8, 4) is 0 Å². The molecule has 0 heterocycles. The molecule has 0 saturated carbocycles. The van der Waals surface area contributed by atoms with Crippen molar-refractivity contribution < 1.29 is 42.9 Å². The number of hydrogen-bond donors (Lipinski definition) is 1. The quantitative estimate of drug-likeness (QED) is 0.0211. The maximum atomic E-state index is 12.7. The Morgan fingerprint density at radius 3 is 1.27 bits per heavy atom. The first-order chi connectivity index (χ1) is 32.6. The number of allylic oxidation sites excluding steroid dienone is 20. The number of carboxylic acids is 1. The molecule has 0 aliphatic rings. The summed E-state index contributed by atoms with van der Waals surface area (Å²) in [5, 5.41) is 9.60. The summed E-state index contributed by atoms with van der Waals surface area (Å²) in [5.74, 6) is -2.06. The minimum absolute atomic E-state index is 0.179. The van der Waals surface area contributed by atoms with Gasteiger partial charge in [-0.25, -0.2) is 4.79 Å². The van der Waals surface area contributed by atoms with Gasteiger partial charge in [-0.3, -0.25) is 9.59 Å². The Balaban J connectivity index is 4.11. The summed E-state index contributed by atoms with van der Waals surface area (Å²) in [5.41, 5.74) is 0. The second kappa shape index (κ2) is 48.2. The average Bonchev–Trinajstić information content (AvgIpc) is 3.29. The summed E-state index contributed by atoms with van der Waals surface area (Å²) >= 11 is 0. The summed E-state index contributed by atoms with van der Waals surface area (Å²) in [6.45, 7) is 4.61. The van der Waals surface area contributed by atoms with Gasteiger partial charge >= 0.3 is 17.9 Å². The second-order valence-electron chi connectivity index (χ2n) is 17.8. The van der Waals surface area contributed by atoms with Crippen LogP contribution in [0.2, 0.25) is 0 Å². The number of nitrogens with zero attached hydrogens (tertiary/aromatic N) is 1. The number of carboxylic acid groups (broad SMARTS) is 1. The van der Waals surface area contributed by atoms with E-state index >= 15 is 0 Å². The first kappa shape index (κ1) is 62.7. The van der Waals surface area contributed by atoms with E-state index in [1.54, 1.807) is 0 Å². The lowest BCUT2D eigenvalue weighted by atomic mass is 10.1. The van der Waals surface area contributed by atoms with E-state index in [9.17, 15) is 19.5 Å². The van der Waals surface area contributed by atoms with Gasteiger partial charge in [-0.05, 0) is 89.9 Å². The fraction of sp³-hybridized carbons (Fsp3) is 0.603. The highest BCUT2D eigenvalue weighted by Gasteiger charge is 2.25. The molecule has 0 saturated heterocycles. The van der Waals surface area contributed by atoms with Gasteiger partial charge in [0.15, 0.2) is 6.10 Å². The maximum absolute atomic E-state index is 12.7. The predicted molar refractivity (Wildman–Crippen MR) is 281 cm³/mol. The third-order valence-electron chi connectivity index (χ3n) is 10.2. The van der Waals surface area contributed by atoms with Gasteiger partial charge < -0.3 is 28.5 Å². The van der Waals surface area contributed by atoms with Crippen LogP contribution in [-0.2, 0) is 33.3 Å². The summed E-state index contributed by atoms with van der Waals surface area (Å²) in [7, 11) is 5.93. The number of ether oxygens (including phenoxy) is 4. The molecule has 9 nitrogen and oxygen atoms in total. The minimum atomic E-state index is -1.52. The van der Waals surface area contributed by atoms with Crippen LogP contribution in [0.1, 0.15) is 168 Å². The molecule has 2 atom stereocenters. The Hall–Kier alpha value is -4.31. The van der Waals surface area contributed by atoms with E-state index < -0.39 is 24.3 Å². The van der Waals surface area contributed by atoms with Crippen LogP contribution in [0.15, 0.2) is 122 Å². The molecule has 378 valence electrons. The standard InChI is InChI=1S/C58H93NO8/c1-6-8-10-12-13-14-15-16-17-18-19-20-21-22-23-24-25-26-27-28-29-30-31-32-33-34-35-36-37-38-39-40-41-42-43-45-47-49-56(61)67-54(52-65-55(60)48-46-44-11-9-7-2)53-66-58(57(62)63)64-51-50-59(3,4)5/h8,10,13-14,16-17,19-20,22-23,25-26,28-29,31-32,34-35,37-38,54,58H,6-7,9,11-12,15,18,21,24,27,30,33,36,39-53H2,1-5H3/p+1/b10-8-,14-13-,17-16-,20-19-,23-22-,26-25-,29-28-,32-31-,35-34-,38-37-. The highest BCUT2D eigenvalue weighted by Crippen LogP contribution is 2.12. The molecule has 0 aliphatic carbocycles. The van der Waals surface area contributed by atoms with E-state index in [0.717, 1.165) is 135 Å². The van der Waals surface area contributed by atoms with E-state index in [1.165, 1.54) is 0 Å². The molecular formula is C58H94NO8+. The molecule has 0 amide bonds. The number of hydrogen-bond acceptors (Lipinski definition) is 7. The fourth-order valence-electron chi connectivity index (χ4n) is 6.27. The number of carbonyl (C=O) groups excluding carboxylic acids is 2. The van der Waals surface area contributed by atoms with Crippen molar-refractivity contribution in [3.63, 3.8) is 0 Å². The maximum Gasteiger partial charge on any atom is 0.361 e. The van der Waals surface area contributed by atoms with Crippen molar-refractivity contribution in [2.45, 2.75) is 180 Å². The number of esters is 2. The zero-order valence-electron chi connectivity index (χ0n) is 42.8. The summed E-state index contributed by atoms with van der Waals surface area (Å²) in [6, 6.07) is 0. The first-order valence-electron chi connectivity index (χ1n) is 25.7. The van der Waals surface area contributed by atoms with Gasteiger partial charge in [0.1, 0.15) is 13.2 Å². The smallest absolute Gasteiger partial charge is 0.361 e. The van der Waals surface area contributed by atoms with Crippen LogP contribution < -0.4 is 0 Å². The van der Waals surface area contributed by atoms with Crippen LogP contribution >= 0.6 is 0 Å². The molecule has 0 spiro atoms. The molecule has 0 aromatic carbocycles. The molecule has 0 fully saturated rings. The summed E-state index contributed by atoms with van der Waals surface area (Å²) < 4.78 is 22.6. The monoisotopic (exact) mass is 933 g/mol. The molecule has 0 aromatic heterocycles. The van der Waals surface area contributed by atoms with Crippen molar-refractivity contribution in [3.05, 3.63) is 122 Å². The zero-order valence-corrected chi connectivity index (χ0v) is 42.8. The lowest BCUT2D eigenvalue weighted by molar-refractivity contribution is -0.870. The molecule has 0 rings (SSSR count). The molecule has 67 heavy (non-hydrogen) atoms. The molecule has 0 radical (unpaired) electrons. The molecule has 2 unspecified atom stereocenters. The Bertz CT molecular complexity index is 1510. The third kappa shape index (κ3) is 49.4. The van der Waals surface area contributed by atoms with E-state index in [1.807, 2.05) is 21.1 Å². The van der Waals surface area contributed by atoms with Gasteiger partial charge in [-0.2, -0.15) is 0 Å². The van der Waals surface area contributed by atoms with Gasteiger partial charge in [0.2, 0.25) is 0 Å². The first-order valence-corrected chi connectivity index (χ1v) is 25.7. The Labute approximate surface area is 408 Å². The van der Waals surface area contributed by atoms with Gasteiger partial charge in [-0.15, -0.1) is 0 Å². The van der Waals surface area contributed by atoms with E-state index in [0.29, 0.717) is 17.4 Å². The van der Waals surface area contributed by atoms with Crippen molar-refractivity contribution in [2.75, 3.05) is 47.5 Å². The van der Waals surface area contributed by atoms with E-state index in [2.05, 4.69) is 135 Å². The topological polar surface area (TPSA) is 108 Å². The minimum Gasteiger partial charge on any atom is -0.477 e. The predicted octanol–water partition coefficient (Wildman–Crippen LogP) is 14.6. The number of quaternary nitrogens is 1. The molecule has 0 bridgehead atoms. The van der Waals surface area contributed by atoms with E-state index in [-0.39, 0.29) is 38.6 Å². The molecular weight excluding hydrogens is 839 g/mol. The van der Waals surface area contributed by atoms with Gasteiger partial charge in [0, 0.05) is 12.8 Å². The number of carbonyl (C=O) groups is 3. The van der Waals surface area contributed by atoms with Crippen LogP contribution in [0.4, 0.5) is 0 Å².